The highest BCUT2D eigenvalue weighted by atomic mass is 19.1. The van der Waals surface area contributed by atoms with Gasteiger partial charge in [-0.15, -0.1) is 0 Å². The number of nitrogens with one attached hydrogen (secondary N) is 1. The van der Waals surface area contributed by atoms with Crippen LogP contribution in [-0.4, -0.2) is 13.1 Å². The van der Waals surface area contributed by atoms with Crippen LogP contribution < -0.4 is 5.32 Å². The summed E-state index contributed by atoms with van der Waals surface area (Å²) in [5.41, 5.74) is 2.72. The van der Waals surface area contributed by atoms with E-state index in [0.29, 0.717) is 0 Å². The zero-order chi connectivity index (χ0) is 12.5. The van der Waals surface area contributed by atoms with Crippen LogP contribution in [0.4, 0.5) is 4.39 Å². The molecule has 0 spiro atoms. The van der Waals surface area contributed by atoms with Crippen LogP contribution in [0.5, 0.6) is 0 Å². The molecule has 92 valence electrons. The summed E-state index contributed by atoms with van der Waals surface area (Å²) in [6.07, 6.45) is 1.96. The third-order valence-electron chi connectivity index (χ3n) is 3.78. The third kappa shape index (κ3) is 2.27. The van der Waals surface area contributed by atoms with Crippen molar-refractivity contribution in [2.24, 2.45) is 0 Å². The molecule has 1 aliphatic rings. The van der Waals surface area contributed by atoms with Gasteiger partial charge in [-0.2, -0.15) is 0 Å². The number of piperidine rings is 1. The van der Waals surface area contributed by atoms with Crippen molar-refractivity contribution >= 4 is 5.57 Å². The van der Waals surface area contributed by atoms with Crippen molar-refractivity contribution in [2.75, 3.05) is 13.1 Å². The molecule has 1 fully saturated rings. The van der Waals surface area contributed by atoms with Gasteiger partial charge in [0.15, 0.2) is 0 Å². The second kappa shape index (κ2) is 4.61. The average molecular weight is 233 g/mol. The van der Waals surface area contributed by atoms with E-state index in [-0.39, 0.29) is 11.2 Å². The zero-order valence-electron chi connectivity index (χ0n) is 10.6. The highest BCUT2D eigenvalue weighted by molar-refractivity contribution is 5.66. The highest BCUT2D eigenvalue weighted by Gasteiger charge is 2.33. The van der Waals surface area contributed by atoms with Crippen molar-refractivity contribution in [1.82, 2.24) is 5.32 Å². The van der Waals surface area contributed by atoms with Crippen molar-refractivity contribution in [3.63, 3.8) is 0 Å². The van der Waals surface area contributed by atoms with Crippen LogP contribution in [-0.2, 0) is 5.41 Å². The molecule has 2 heteroatoms. The van der Waals surface area contributed by atoms with Gasteiger partial charge in [-0.25, -0.2) is 4.39 Å². The topological polar surface area (TPSA) is 12.0 Å². The average Bonchev–Trinajstić information content (AvgIpc) is 2.29. The second-order valence-electron chi connectivity index (χ2n) is 5.25. The van der Waals surface area contributed by atoms with Crippen LogP contribution in [0.2, 0.25) is 0 Å². The van der Waals surface area contributed by atoms with E-state index in [0.717, 1.165) is 42.6 Å². The molecular weight excluding hydrogens is 213 g/mol. The molecule has 1 aliphatic heterocycles. The molecule has 1 saturated heterocycles. The summed E-state index contributed by atoms with van der Waals surface area (Å²) in [5.74, 6) is -0.0881. The summed E-state index contributed by atoms with van der Waals surface area (Å²) in [6, 6.07) is 5.32. The van der Waals surface area contributed by atoms with Crippen molar-refractivity contribution in [1.29, 1.82) is 0 Å². The van der Waals surface area contributed by atoms with E-state index < -0.39 is 0 Å². The smallest absolute Gasteiger partial charge is 0.127 e. The third-order valence-corrected chi connectivity index (χ3v) is 3.78. The number of halogens is 1. The molecule has 2 rings (SSSR count). The number of hydrogen-bond acceptors (Lipinski definition) is 1. The molecule has 0 radical (unpaired) electrons. The van der Waals surface area contributed by atoms with Crippen LogP contribution in [0.15, 0.2) is 24.8 Å². The monoisotopic (exact) mass is 233 g/mol. The van der Waals surface area contributed by atoms with Crippen molar-refractivity contribution in [3.8, 4) is 0 Å². The number of hydrogen-bond donors (Lipinski definition) is 1. The van der Waals surface area contributed by atoms with Crippen LogP contribution in [0.25, 0.3) is 5.57 Å². The van der Waals surface area contributed by atoms with Gasteiger partial charge in [0.1, 0.15) is 5.82 Å². The maximum atomic E-state index is 14.2. The Hall–Kier alpha value is -1.15. The van der Waals surface area contributed by atoms with E-state index in [9.17, 15) is 4.39 Å². The zero-order valence-corrected chi connectivity index (χ0v) is 10.6. The summed E-state index contributed by atoms with van der Waals surface area (Å²) < 4.78 is 14.2. The molecule has 0 aliphatic carbocycles. The standard InChI is InChI=1S/C15H20FN/c1-11(2)12-5-4-6-13(16)14(12)15(3)7-9-17-10-8-15/h4-6,17H,1,7-10H2,2-3H3. The van der Waals surface area contributed by atoms with E-state index in [1.165, 1.54) is 0 Å². The van der Waals surface area contributed by atoms with Gasteiger partial charge in [-0.05, 0) is 49.9 Å². The van der Waals surface area contributed by atoms with Gasteiger partial charge in [0.25, 0.3) is 0 Å². The lowest BCUT2D eigenvalue weighted by Crippen LogP contribution is -2.38. The van der Waals surface area contributed by atoms with Gasteiger partial charge in [0.2, 0.25) is 0 Å². The highest BCUT2D eigenvalue weighted by Crippen LogP contribution is 2.38. The Morgan fingerprint density at radius 3 is 2.59 bits per heavy atom. The van der Waals surface area contributed by atoms with Gasteiger partial charge >= 0.3 is 0 Å². The van der Waals surface area contributed by atoms with Crippen LogP contribution in [0, 0.1) is 5.82 Å². The first-order valence-corrected chi connectivity index (χ1v) is 6.20. The van der Waals surface area contributed by atoms with E-state index in [2.05, 4.69) is 18.8 Å². The fourth-order valence-corrected chi connectivity index (χ4v) is 2.72. The fourth-order valence-electron chi connectivity index (χ4n) is 2.72. The van der Waals surface area contributed by atoms with E-state index in [1.807, 2.05) is 13.0 Å². The molecule has 1 N–H and O–H groups in total. The van der Waals surface area contributed by atoms with Crippen LogP contribution >= 0.6 is 0 Å². The Balaban J connectivity index is 2.52. The minimum atomic E-state index is -0.0881. The Morgan fingerprint density at radius 1 is 1.35 bits per heavy atom. The lowest BCUT2D eigenvalue weighted by atomic mass is 9.72. The Bertz CT molecular complexity index is 431. The maximum absolute atomic E-state index is 14.2. The Morgan fingerprint density at radius 2 is 2.00 bits per heavy atom. The summed E-state index contributed by atoms with van der Waals surface area (Å²) >= 11 is 0. The van der Waals surface area contributed by atoms with Gasteiger partial charge in [-0.1, -0.05) is 31.2 Å². The molecule has 1 heterocycles. The summed E-state index contributed by atoms with van der Waals surface area (Å²) in [5, 5.41) is 3.33. The van der Waals surface area contributed by atoms with Crippen molar-refractivity contribution < 1.29 is 4.39 Å². The van der Waals surface area contributed by atoms with Gasteiger partial charge in [0.05, 0.1) is 0 Å². The second-order valence-corrected chi connectivity index (χ2v) is 5.25. The Kier molecular flexibility index (Phi) is 3.34. The normalized spacial score (nSPS) is 19.0. The predicted octanol–water partition coefficient (Wildman–Crippen LogP) is 3.50. The number of benzene rings is 1. The first-order chi connectivity index (χ1) is 8.04. The molecule has 0 aromatic heterocycles. The van der Waals surface area contributed by atoms with Gasteiger partial charge in [-0.3, -0.25) is 0 Å². The molecule has 0 unspecified atom stereocenters. The van der Waals surface area contributed by atoms with Crippen LogP contribution in [0.3, 0.4) is 0 Å². The quantitative estimate of drug-likeness (QED) is 0.824. The molecule has 0 atom stereocenters. The van der Waals surface area contributed by atoms with E-state index >= 15 is 0 Å². The van der Waals surface area contributed by atoms with Gasteiger partial charge < -0.3 is 5.32 Å². The minimum Gasteiger partial charge on any atom is -0.317 e. The summed E-state index contributed by atoms with van der Waals surface area (Å²) in [7, 11) is 0. The Labute approximate surface area is 103 Å². The largest absolute Gasteiger partial charge is 0.317 e. The van der Waals surface area contributed by atoms with E-state index in [4.69, 9.17) is 0 Å². The first kappa shape index (κ1) is 12.3. The molecule has 17 heavy (non-hydrogen) atoms. The van der Waals surface area contributed by atoms with Crippen LogP contribution in [0.1, 0.15) is 37.8 Å². The van der Waals surface area contributed by atoms with Crippen molar-refractivity contribution in [3.05, 3.63) is 41.7 Å². The molecule has 0 amide bonds. The lowest BCUT2D eigenvalue weighted by Gasteiger charge is -2.36. The molecule has 1 aromatic carbocycles. The summed E-state index contributed by atoms with van der Waals surface area (Å²) in [6.45, 7) is 10.0. The molecule has 0 saturated carbocycles. The SMILES string of the molecule is C=C(C)c1cccc(F)c1C1(C)CCNCC1. The molecular formula is C15H20FN. The molecule has 1 aromatic rings. The van der Waals surface area contributed by atoms with Crippen molar-refractivity contribution in [2.45, 2.75) is 32.1 Å². The maximum Gasteiger partial charge on any atom is 0.127 e. The predicted molar refractivity (Wildman–Crippen MR) is 70.6 cm³/mol. The fraction of sp³-hybridized carbons (Fsp3) is 0.467. The molecule has 1 nitrogen and oxygen atoms in total. The lowest BCUT2D eigenvalue weighted by molar-refractivity contribution is 0.324. The number of allylic oxidation sites excluding steroid dienone is 1. The first-order valence-electron chi connectivity index (χ1n) is 6.20. The minimum absolute atomic E-state index is 0.0646. The number of rotatable bonds is 2. The van der Waals surface area contributed by atoms with Gasteiger partial charge in [0, 0.05) is 5.56 Å². The van der Waals surface area contributed by atoms with E-state index in [1.54, 1.807) is 12.1 Å². The molecule has 0 bridgehead atoms. The summed E-state index contributed by atoms with van der Waals surface area (Å²) in [4.78, 5) is 0.